The standard InChI is InChI=1S/C7H14O2.B/c1-2-3-4-5-6-9-7-8;/h7H,2-6H2,1H3;. The average Bonchev–Trinajstić information content (AvgIpc) is 1.89. The maximum atomic E-state index is 9.62. The molecule has 0 spiro atoms. The summed E-state index contributed by atoms with van der Waals surface area (Å²) < 4.78 is 4.50. The first-order valence-corrected chi connectivity index (χ1v) is 3.47. The summed E-state index contributed by atoms with van der Waals surface area (Å²) in [5, 5.41) is 0. The molecule has 10 heavy (non-hydrogen) atoms. The van der Waals surface area contributed by atoms with E-state index >= 15 is 0 Å². The Bertz CT molecular complexity index is 66.6. The zero-order valence-electron chi connectivity index (χ0n) is 6.51. The number of carbonyl (C=O) groups excluding carboxylic acids is 1. The van der Waals surface area contributed by atoms with Gasteiger partial charge in [-0.25, -0.2) is 0 Å². The molecular formula is C7H14BO2. The van der Waals surface area contributed by atoms with Crippen LogP contribution in [0.25, 0.3) is 0 Å². The van der Waals surface area contributed by atoms with Crippen LogP contribution in [0.15, 0.2) is 0 Å². The molecule has 0 aliphatic heterocycles. The number of unbranched alkanes of at least 4 members (excludes halogenated alkanes) is 3. The lowest BCUT2D eigenvalue weighted by Gasteiger charge is -1.95. The second-order valence-corrected chi connectivity index (χ2v) is 2.03. The summed E-state index contributed by atoms with van der Waals surface area (Å²) >= 11 is 0. The van der Waals surface area contributed by atoms with Crippen LogP contribution in [0.1, 0.15) is 32.6 Å². The molecule has 3 heteroatoms. The molecule has 0 saturated heterocycles. The molecule has 0 aromatic rings. The summed E-state index contributed by atoms with van der Waals surface area (Å²) in [4.78, 5) is 9.62. The molecule has 0 aromatic carbocycles. The van der Waals surface area contributed by atoms with Crippen molar-refractivity contribution in [1.29, 1.82) is 0 Å². The summed E-state index contributed by atoms with van der Waals surface area (Å²) in [5.74, 6) is 0. The molecule has 0 unspecified atom stereocenters. The molecule has 0 saturated carbocycles. The fraction of sp³-hybridized carbons (Fsp3) is 0.857. The summed E-state index contributed by atoms with van der Waals surface area (Å²) in [7, 11) is 0. The van der Waals surface area contributed by atoms with Crippen LogP contribution < -0.4 is 0 Å². The fourth-order valence-electron chi connectivity index (χ4n) is 0.660. The molecule has 0 bridgehead atoms. The normalized spacial score (nSPS) is 8.10. The lowest BCUT2D eigenvalue weighted by atomic mass is 10.2. The van der Waals surface area contributed by atoms with E-state index in [2.05, 4.69) is 11.7 Å². The quantitative estimate of drug-likeness (QED) is 0.317. The molecule has 0 fully saturated rings. The third-order valence-electron chi connectivity index (χ3n) is 1.18. The van der Waals surface area contributed by atoms with Gasteiger partial charge in [0.15, 0.2) is 0 Å². The monoisotopic (exact) mass is 141 g/mol. The minimum Gasteiger partial charge on any atom is -0.468 e. The summed E-state index contributed by atoms with van der Waals surface area (Å²) in [6.07, 6.45) is 4.64. The minimum atomic E-state index is 0. The topological polar surface area (TPSA) is 26.3 Å². The molecule has 0 aliphatic rings. The first-order valence-electron chi connectivity index (χ1n) is 3.47. The van der Waals surface area contributed by atoms with Gasteiger partial charge in [-0.2, -0.15) is 0 Å². The van der Waals surface area contributed by atoms with Crippen molar-refractivity contribution in [3.8, 4) is 0 Å². The van der Waals surface area contributed by atoms with E-state index in [1.807, 2.05) is 0 Å². The first kappa shape index (κ1) is 12.2. The number of rotatable bonds is 6. The van der Waals surface area contributed by atoms with Crippen LogP contribution in [-0.4, -0.2) is 21.5 Å². The first-order chi connectivity index (χ1) is 4.41. The third kappa shape index (κ3) is 10.5. The Morgan fingerprint density at radius 1 is 1.30 bits per heavy atom. The van der Waals surface area contributed by atoms with Crippen molar-refractivity contribution in [1.82, 2.24) is 0 Å². The van der Waals surface area contributed by atoms with E-state index in [4.69, 9.17) is 0 Å². The van der Waals surface area contributed by atoms with Gasteiger partial charge in [0, 0.05) is 8.41 Å². The van der Waals surface area contributed by atoms with E-state index in [0.29, 0.717) is 13.1 Å². The van der Waals surface area contributed by atoms with Crippen LogP contribution in [0.5, 0.6) is 0 Å². The second-order valence-electron chi connectivity index (χ2n) is 2.03. The smallest absolute Gasteiger partial charge is 0.293 e. The van der Waals surface area contributed by atoms with Crippen molar-refractivity contribution in [3.63, 3.8) is 0 Å². The van der Waals surface area contributed by atoms with Gasteiger partial charge in [0.1, 0.15) is 0 Å². The van der Waals surface area contributed by atoms with Gasteiger partial charge in [0.2, 0.25) is 0 Å². The zero-order valence-corrected chi connectivity index (χ0v) is 6.51. The third-order valence-corrected chi connectivity index (χ3v) is 1.18. The minimum absolute atomic E-state index is 0. The van der Waals surface area contributed by atoms with Gasteiger partial charge < -0.3 is 4.74 Å². The van der Waals surface area contributed by atoms with E-state index in [1.165, 1.54) is 19.3 Å². The van der Waals surface area contributed by atoms with E-state index in [0.717, 1.165) is 6.42 Å². The largest absolute Gasteiger partial charge is 0.468 e. The fourth-order valence-corrected chi connectivity index (χ4v) is 0.660. The summed E-state index contributed by atoms with van der Waals surface area (Å²) in [5.41, 5.74) is 0. The predicted molar refractivity (Wildman–Crippen MR) is 41.9 cm³/mol. The van der Waals surface area contributed by atoms with Crippen LogP contribution in [0.3, 0.4) is 0 Å². The van der Waals surface area contributed by atoms with Crippen molar-refractivity contribution < 1.29 is 9.53 Å². The molecule has 0 aliphatic carbocycles. The molecule has 2 nitrogen and oxygen atoms in total. The van der Waals surface area contributed by atoms with Gasteiger partial charge in [0.05, 0.1) is 6.61 Å². The Kier molecular flexibility index (Phi) is 13.9. The average molecular weight is 141 g/mol. The second kappa shape index (κ2) is 11.3. The Hall–Kier alpha value is -0.465. The molecule has 3 radical (unpaired) electrons. The molecular weight excluding hydrogens is 127 g/mol. The highest BCUT2D eigenvalue weighted by Gasteiger charge is 1.85. The summed E-state index contributed by atoms with van der Waals surface area (Å²) in [6, 6.07) is 0. The van der Waals surface area contributed by atoms with Crippen LogP contribution >= 0.6 is 0 Å². The Labute approximate surface area is 64.5 Å². The number of ether oxygens (including phenoxy) is 1. The van der Waals surface area contributed by atoms with E-state index < -0.39 is 0 Å². The zero-order chi connectivity index (χ0) is 6.95. The number of carbonyl (C=O) groups is 1. The number of hydrogen-bond donors (Lipinski definition) is 0. The van der Waals surface area contributed by atoms with Gasteiger partial charge in [0.25, 0.3) is 6.47 Å². The molecule has 57 valence electrons. The molecule has 0 rings (SSSR count). The summed E-state index contributed by atoms with van der Waals surface area (Å²) in [6.45, 7) is 3.25. The number of hydrogen-bond acceptors (Lipinski definition) is 2. The van der Waals surface area contributed by atoms with Crippen LogP contribution in [-0.2, 0) is 9.53 Å². The molecule has 0 aromatic heterocycles. The van der Waals surface area contributed by atoms with Crippen LogP contribution in [0.4, 0.5) is 0 Å². The van der Waals surface area contributed by atoms with Gasteiger partial charge in [-0.3, -0.25) is 4.79 Å². The van der Waals surface area contributed by atoms with Gasteiger partial charge in [-0.05, 0) is 6.42 Å². The van der Waals surface area contributed by atoms with Crippen molar-refractivity contribution in [2.75, 3.05) is 6.61 Å². The highest BCUT2D eigenvalue weighted by molar-refractivity contribution is 5.75. The molecule has 0 heterocycles. The van der Waals surface area contributed by atoms with E-state index in [-0.39, 0.29) is 8.41 Å². The lowest BCUT2D eigenvalue weighted by molar-refractivity contribution is -0.128. The Balaban J connectivity index is 0. The Morgan fingerprint density at radius 2 is 2.00 bits per heavy atom. The predicted octanol–water partition coefficient (Wildman–Crippen LogP) is 1.36. The SMILES string of the molecule is CCCCCCOC=O.[B]. The highest BCUT2D eigenvalue weighted by Crippen LogP contribution is 1.97. The molecule has 0 atom stereocenters. The van der Waals surface area contributed by atoms with Crippen LogP contribution in [0, 0.1) is 0 Å². The van der Waals surface area contributed by atoms with Crippen molar-refractivity contribution in [2.45, 2.75) is 32.6 Å². The van der Waals surface area contributed by atoms with Crippen molar-refractivity contribution >= 4 is 14.9 Å². The lowest BCUT2D eigenvalue weighted by Crippen LogP contribution is -1.90. The van der Waals surface area contributed by atoms with Crippen LogP contribution in [0.2, 0.25) is 0 Å². The highest BCUT2D eigenvalue weighted by atomic mass is 16.5. The van der Waals surface area contributed by atoms with Gasteiger partial charge in [-0.15, -0.1) is 0 Å². The maximum Gasteiger partial charge on any atom is 0.293 e. The molecule has 0 amide bonds. The maximum absolute atomic E-state index is 9.62. The van der Waals surface area contributed by atoms with Gasteiger partial charge in [-0.1, -0.05) is 26.2 Å². The van der Waals surface area contributed by atoms with E-state index in [1.54, 1.807) is 0 Å². The Morgan fingerprint density at radius 3 is 2.50 bits per heavy atom. The van der Waals surface area contributed by atoms with Gasteiger partial charge >= 0.3 is 0 Å². The van der Waals surface area contributed by atoms with Crippen molar-refractivity contribution in [3.05, 3.63) is 0 Å². The van der Waals surface area contributed by atoms with E-state index in [9.17, 15) is 4.79 Å². The molecule has 0 N–H and O–H groups in total. The van der Waals surface area contributed by atoms with Crippen molar-refractivity contribution in [2.24, 2.45) is 0 Å².